The summed E-state index contributed by atoms with van der Waals surface area (Å²) in [4.78, 5) is 25.2. The highest BCUT2D eigenvalue weighted by molar-refractivity contribution is 5.94. The van der Waals surface area contributed by atoms with E-state index in [4.69, 9.17) is 0 Å². The minimum Gasteiger partial charge on any atom is -0.351 e. The Balaban J connectivity index is 1.28. The average molecular weight is 467 g/mol. The van der Waals surface area contributed by atoms with Crippen LogP contribution in [0.1, 0.15) is 21.5 Å². The SMILES string of the molecule is O=C(c1ccc(C(F)(F)F)cc1)N1CCN(c2ncnc3c2nnn3Cc2ccccc2)CC1. The quantitative estimate of drug-likeness (QED) is 0.459. The van der Waals surface area contributed by atoms with Crippen molar-refractivity contribution < 1.29 is 18.0 Å². The molecule has 0 N–H and O–H groups in total. The van der Waals surface area contributed by atoms with Crippen molar-refractivity contribution >= 4 is 22.9 Å². The van der Waals surface area contributed by atoms with Crippen molar-refractivity contribution in [2.24, 2.45) is 0 Å². The summed E-state index contributed by atoms with van der Waals surface area (Å²) in [6.07, 6.45) is -2.96. The monoisotopic (exact) mass is 467 g/mol. The summed E-state index contributed by atoms with van der Waals surface area (Å²) in [6.45, 7) is 2.35. The third kappa shape index (κ3) is 4.28. The molecule has 0 saturated carbocycles. The van der Waals surface area contributed by atoms with Gasteiger partial charge in [0.05, 0.1) is 12.1 Å². The second-order valence-electron chi connectivity index (χ2n) is 7.96. The second kappa shape index (κ2) is 8.73. The van der Waals surface area contributed by atoms with Crippen LogP contribution in [-0.4, -0.2) is 61.9 Å². The van der Waals surface area contributed by atoms with Gasteiger partial charge >= 0.3 is 6.18 Å². The molecule has 8 nitrogen and oxygen atoms in total. The first-order valence-electron chi connectivity index (χ1n) is 10.7. The van der Waals surface area contributed by atoms with Gasteiger partial charge in [-0.25, -0.2) is 14.6 Å². The van der Waals surface area contributed by atoms with E-state index in [1.165, 1.54) is 18.5 Å². The number of carbonyl (C=O) groups is 1. The van der Waals surface area contributed by atoms with Crippen LogP contribution in [0.3, 0.4) is 0 Å². The lowest BCUT2D eigenvalue weighted by atomic mass is 10.1. The number of halogens is 3. The number of carbonyl (C=O) groups excluding carboxylic acids is 1. The second-order valence-corrected chi connectivity index (χ2v) is 7.96. The first-order chi connectivity index (χ1) is 16.4. The number of alkyl halides is 3. The maximum absolute atomic E-state index is 12.8. The molecule has 3 heterocycles. The molecule has 1 aliphatic heterocycles. The molecule has 1 aliphatic rings. The third-order valence-corrected chi connectivity index (χ3v) is 5.78. The van der Waals surface area contributed by atoms with Gasteiger partial charge in [-0.05, 0) is 29.8 Å². The van der Waals surface area contributed by atoms with Crippen LogP contribution in [-0.2, 0) is 12.7 Å². The Morgan fingerprint density at radius 3 is 2.29 bits per heavy atom. The summed E-state index contributed by atoms with van der Waals surface area (Å²) < 4.78 is 40.1. The van der Waals surface area contributed by atoms with E-state index in [9.17, 15) is 18.0 Å². The molecule has 0 bridgehead atoms. The van der Waals surface area contributed by atoms with E-state index in [-0.39, 0.29) is 11.5 Å². The number of anilines is 1. The van der Waals surface area contributed by atoms with Crippen LogP contribution >= 0.6 is 0 Å². The molecule has 1 amide bonds. The summed E-state index contributed by atoms with van der Waals surface area (Å²) in [7, 11) is 0. The standard InChI is InChI=1S/C23H20F3N7O/c24-23(25,26)18-8-6-17(7-9-18)22(34)32-12-10-31(11-13-32)20-19-21(28-15-27-20)33(30-29-19)14-16-4-2-1-3-5-16/h1-9,15H,10-14H2. The molecule has 0 spiro atoms. The Bertz CT molecular complexity index is 1300. The fraction of sp³-hybridized carbons (Fsp3) is 0.261. The van der Waals surface area contributed by atoms with E-state index in [0.717, 1.165) is 17.7 Å². The van der Waals surface area contributed by atoms with Gasteiger partial charge in [0.15, 0.2) is 17.0 Å². The average Bonchev–Trinajstić information content (AvgIpc) is 3.27. The van der Waals surface area contributed by atoms with Crippen LogP contribution in [0, 0.1) is 0 Å². The zero-order chi connectivity index (χ0) is 23.7. The fourth-order valence-electron chi connectivity index (χ4n) is 3.98. The lowest BCUT2D eigenvalue weighted by Gasteiger charge is -2.35. The highest BCUT2D eigenvalue weighted by Gasteiger charge is 2.31. The lowest BCUT2D eigenvalue weighted by molar-refractivity contribution is -0.137. The Kier molecular flexibility index (Phi) is 5.60. The molecule has 0 unspecified atom stereocenters. The molecule has 1 saturated heterocycles. The molecule has 2 aromatic heterocycles. The number of hydrogen-bond acceptors (Lipinski definition) is 6. The largest absolute Gasteiger partial charge is 0.416 e. The van der Waals surface area contributed by atoms with Gasteiger partial charge in [-0.15, -0.1) is 5.10 Å². The molecule has 174 valence electrons. The van der Waals surface area contributed by atoms with Gasteiger partial charge in [0.1, 0.15) is 6.33 Å². The number of hydrogen-bond donors (Lipinski definition) is 0. The Morgan fingerprint density at radius 1 is 0.912 bits per heavy atom. The Morgan fingerprint density at radius 2 is 1.62 bits per heavy atom. The van der Waals surface area contributed by atoms with Gasteiger partial charge in [0.2, 0.25) is 0 Å². The maximum Gasteiger partial charge on any atom is 0.416 e. The minimum atomic E-state index is -4.43. The van der Waals surface area contributed by atoms with E-state index < -0.39 is 11.7 Å². The fourth-order valence-corrected chi connectivity index (χ4v) is 3.98. The molecule has 0 atom stereocenters. The molecular formula is C23H20F3N7O. The van der Waals surface area contributed by atoms with Crippen molar-refractivity contribution in [2.75, 3.05) is 31.1 Å². The number of amides is 1. The van der Waals surface area contributed by atoms with Crippen LogP contribution in [0.25, 0.3) is 11.2 Å². The zero-order valence-electron chi connectivity index (χ0n) is 18.0. The first-order valence-corrected chi connectivity index (χ1v) is 10.7. The first kappa shape index (κ1) is 21.8. The predicted octanol–water partition coefficient (Wildman–Crippen LogP) is 3.25. The summed E-state index contributed by atoms with van der Waals surface area (Å²) in [5.74, 6) is 0.348. The normalized spacial score (nSPS) is 14.6. The summed E-state index contributed by atoms with van der Waals surface area (Å²) in [5, 5.41) is 8.54. The number of nitrogens with zero attached hydrogens (tertiary/aromatic N) is 7. The van der Waals surface area contributed by atoms with E-state index >= 15 is 0 Å². The minimum absolute atomic E-state index is 0.231. The van der Waals surface area contributed by atoms with Crippen LogP contribution in [0.4, 0.5) is 19.0 Å². The number of benzene rings is 2. The lowest BCUT2D eigenvalue weighted by Crippen LogP contribution is -2.49. The third-order valence-electron chi connectivity index (χ3n) is 5.78. The smallest absolute Gasteiger partial charge is 0.351 e. The van der Waals surface area contributed by atoms with E-state index in [1.807, 2.05) is 35.2 Å². The number of aromatic nitrogens is 5. The van der Waals surface area contributed by atoms with Gasteiger partial charge in [0.25, 0.3) is 5.91 Å². The number of fused-ring (bicyclic) bond motifs is 1. The van der Waals surface area contributed by atoms with Crippen molar-refractivity contribution in [1.29, 1.82) is 0 Å². The predicted molar refractivity (Wildman–Crippen MR) is 118 cm³/mol. The highest BCUT2D eigenvalue weighted by Crippen LogP contribution is 2.29. The van der Waals surface area contributed by atoms with Gasteiger partial charge in [0, 0.05) is 31.7 Å². The van der Waals surface area contributed by atoms with Crippen molar-refractivity contribution in [3.05, 3.63) is 77.6 Å². The molecule has 1 fully saturated rings. The molecule has 34 heavy (non-hydrogen) atoms. The highest BCUT2D eigenvalue weighted by atomic mass is 19.4. The zero-order valence-corrected chi connectivity index (χ0v) is 18.0. The van der Waals surface area contributed by atoms with Gasteiger partial charge < -0.3 is 9.80 Å². The topological polar surface area (TPSA) is 80.0 Å². The van der Waals surface area contributed by atoms with Gasteiger partial charge in [-0.3, -0.25) is 4.79 Å². The Labute approximate surface area is 192 Å². The van der Waals surface area contributed by atoms with Crippen molar-refractivity contribution in [3.8, 4) is 0 Å². The van der Waals surface area contributed by atoms with Crippen molar-refractivity contribution in [1.82, 2.24) is 29.9 Å². The molecule has 11 heteroatoms. The van der Waals surface area contributed by atoms with E-state index in [2.05, 4.69) is 20.3 Å². The molecule has 0 radical (unpaired) electrons. The van der Waals surface area contributed by atoms with Gasteiger partial charge in [-0.1, -0.05) is 35.5 Å². The van der Waals surface area contributed by atoms with E-state index in [0.29, 0.717) is 49.7 Å². The van der Waals surface area contributed by atoms with Gasteiger partial charge in [-0.2, -0.15) is 13.2 Å². The van der Waals surface area contributed by atoms with Crippen LogP contribution in [0.5, 0.6) is 0 Å². The van der Waals surface area contributed by atoms with Crippen LogP contribution < -0.4 is 4.90 Å². The Hall–Kier alpha value is -4.02. The molecule has 2 aromatic carbocycles. The number of piperazine rings is 1. The summed E-state index contributed by atoms with van der Waals surface area (Å²) in [5.41, 5.74) is 1.74. The maximum atomic E-state index is 12.8. The molecule has 5 rings (SSSR count). The van der Waals surface area contributed by atoms with E-state index in [1.54, 1.807) is 9.58 Å². The van der Waals surface area contributed by atoms with Crippen LogP contribution in [0.2, 0.25) is 0 Å². The summed E-state index contributed by atoms with van der Waals surface area (Å²) in [6, 6.07) is 14.2. The number of rotatable bonds is 4. The molecule has 4 aromatic rings. The van der Waals surface area contributed by atoms with Crippen molar-refractivity contribution in [3.63, 3.8) is 0 Å². The molecular weight excluding hydrogens is 447 g/mol. The molecule has 0 aliphatic carbocycles. The van der Waals surface area contributed by atoms with Crippen molar-refractivity contribution in [2.45, 2.75) is 12.7 Å². The summed E-state index contributed by atoms with van der Waals surface area (Å²) >= 11 is 0. The van der Waals surface area contributed by atoms with Crippen LogP contribution in [0.15, 0.2) is 60.9 Å².